The van der Waals surface area contributed by atoms with Crippen LogP contribution in [0.2, 0.25) is 0 Å². The molecule has 1 aromatic carbocycles. The van der Waals surface area contributed by atoms with Gasteiger partial charge >= 0.3 is 0 Å². The van der Waals surface area contributed by atoms with Crippen LogP contribution in [-0.2, 0) is 0 Å². The molecule has 1 aromatic rings. The van der Waals surface area contributed by atoms with E-state index in [9.17, 15) is 0 Å². The molecule has 0 heteroatoms. The normalized spacial score (nSPS) is 13.4. The Morgan fingerprint density at radius 3 is 2.41 bits per heavy atom. The molecule has 0 aliphatic carbocycles. The van der Waals surface area contributed by atoms with Gasteiger partial charge in [-0.25, -0.2) is 0 Å². The van der Waals surface area contributed by atoms with Crippen molar-refractivity contribution in [2.75, 3.05) is 0 Å². The van der Waals surface area contributed by atoms with Gasteiger partial charge in [-0.15, -0.1) is 0 Å². The molecule has 0 nitrogen and oxygen atoms in total. The second kappa shape index (κ2) is 7.89. The molecular formula is C17H24. The van der Waals surface area contributed by atoms with Gasteiger partial charge in [0.1, 0.15) is 0 Å². The van der Waals surface area contributed by atoms with Gasteiger partial charge in [-0.05, 0) is 18.4 Å². The fourth-order valence-electron chi connectivity index (χ4n) is 2.35. The maximum atomic E-state index is 3.84. The lowest BCUT2D eigenvalue weighted by atomic mass is 9.85. The van der Waals surface area contributed by atoms with E-state index in [0.717, 1.165) is 0 Å². The average molecular weight is 228 g/mol. The molecule has 0 amide bonds. The van der Waals surface area contributed by atoms with Crippen molar-refractivity contribution < 1.29 is 0 Å². The number of allylic oxidation sites excluding steroid dienone is 3. The molecule has 1 atom stereocenters. The van der Waals surface area contributed by atoms with E-state index in [1.807, 2.05) is 6.08 Å². The van der Waals surface area contributed by atoms with Gasteiger partial charge in [0.25, 0.3) is 0 Å². The van der Waals surface area contributed by atoms with Crippen molar-refractivity contribution in [3.8, 4) is 0 Å². The molecule has 1 unspecified atom stereocenters. The first-order valence-corrected chi connectivity index (χ1v) is 6.69. The van der Waals surface area contributed by atoms with E-state index in [1.54, 1.807) is 0 Å². The van der Waals surface area contributed by atoms with Crippen LogP contribution in [0, 0.1) is 0 Å². The highest BCUT2D eigenvalue weighted by Gasteiger charge is 2.14. The largest absolute Gasteiger partial charge is 0.0991 e. The summed E-state index contributed by atoms with van der Waals surface area (Å²) in [7, 11) is 0. The maximum Gasteiger partial charge on any atom is 0.00511 e. The number of hydrogen-bond acceptors (Lipinski definition) is 0. The second-order valence-electron chi connectivity index (χ2n) is 4.48. The Morgan fingerprint density at radius 2 is 1.88 bits per heavy atom. The summed E-state index contributed by atoms with van der Waals surface area (Å²) in [5.41, 5.74) is 2.96. The van der Waals surface area contributed by atoms with E-state index in [0.29, 0.717) is 5.92 Å². The monoisotopic (exact) mass is 228 g/mol. The van der Waals surface area contributed by atoms with Gasteiger partial charge in [0.15, 0.2) is 0 Å². The third-order valence-electron chi connectivity index (χ3n) is 3.10. The fraction of sp³-hybridized carbons (Fsp3) is 0.412. The Hall–Kier alpha value is -1.30. The first-order valence-electron chi connectivity index (χ1n) is 6.69. The minimum atomic E-state index is 0.569. The molecule has 92 valence electrons. The Labute approximate surface area is 106 Å². The van der Waals surface area contributed by atoms with Crippen molar-refractivity contribution in [3.63, 3.8) is 0 Å². The van der Waals surface area contributed by atoms with E-state index in [-0.39, 0.29) is 0 Å². The van der Waals surface area contributed by atoms with Gasteiger partial charge in [-0.1, -0.05) is 81.3 Å². The van der Waals surface area contributed by atoms with Crippen LogP contribution >= 0.6 is 0 Å². The van der Waals surface area contributed by atoms with Crippen molar-refractivity contribution in [2.45, 2.75) is 45.4 Å². The third-order valence-corrected chi connectivity index (χ3v) is 3.10. The van der Waals surface area contributed by atoms with Gasteiger partial charge in [-0.2, -0.15) is 0 Å². The summed E-state index contributed by atoms with van der Waals surface area (Å²) in [6.45, 7) is 8.34. The molecule has 17 heavy (non-hydrogen) atoms. The van der Waals surface area contributed by atoms with Crippen molar-refractivity contribution >= 4 is 0 Å². The van der Waals surface area contributed by atoms with Crippen molar-refractivity contribution in [1.29, 1.82) is 0 Å². The molecule has 0 fully saturated rings. The van der Waals surface area contributed by atoms with Gasteiger partial charge in [-0.3, -0.25) is 0 Å². The Balaban J connectivity index is 2.98. The SMILES string of the molecule is C=C/C=C(\CCC)C(CCC)c1ccccc1. The molecular weight excluding hydrogens is 204 g/mol. The van der Waals surface area contributed by atoms with Gasteiger partial charge < -0.3 is 0 Å². The van der Waals surface area contributed by atoms with Crippen LogP contribution in [0.25, 0.3) is 0 Å². The summed E-state index contributed by atoms with van der Waals surface area (Å²) in [6.07, 6.45) is 8.95. The molecule has 0 radical (unpaired) electrons. The highest BCUT2D eigenvalue weighted by Crippen LogP contribution is 2.31. The van der Waals surface area contributed by atoms with E-state index < -0.39 is 0 Å². The fourth-order valence-corrected chi connectivity index (χ4v) is 2.35. The first-order chi connectivity index (χ1) is 8.33. The zero-order chi connectivity index (χ0) is 12.5. The van der Waals surface area contributed by atoms with Crippen LogP contribution < -0.4 is 0 Å². The summed E-state index contributed by atoms with van der Waals surface area (Å²) in [5, 5.41) is 0. The second-order valence-corrected chi connectivity index (χ2v) is 4.48. The minimum Gasteiger partial charge on any atom is -0.0991 e. The molecule has 0 saturated carbocycles. The van der Waals surface area contributed by atoms with Crippen LogP contribution in [0.3, 0.4) is 0 Å². The number of rotatable bonds is 7. The van der Waals surface area contributed by atoms with Crippen molar-refractivity contribution in [3.05, 3.63) is 60.2 Å². The summed E-state index contributed by atoms with van der Waals surface area (Å²) >= 11 is 0. The van der Waals surface area contributed by atoms with Gasteiger partial charge in [0.2, 0.25) is 0 Å². The lowest BCUT2D eigenvalue weighted by Crippen LogP contribution is -2.02. The van der Waals surface area contributed by atoms with Crippen molar-refractivity contribution in [1.82, 2.24) is 0 Å². The van der Waals surface area contributed by atoms with Crippen LogP contribution in [0.15, 0.2) is 54.6 Å². The lowest BCUT2D eigenvalue weighted by molar-refractivity contribution is 0.654. The zero-order valence-electron chi connectivity index (χ0n) is 11.2. The molecule has 1 rings (SSSR count). The first kappa shape index (κ1) is 13.8. The van der Waals surface area contributed by atoms with Crippen LogP contribution in [0.1, 0.15) is 51.0 Å². The van der Waals surface area contributed by atoms with E-state index in [1.165, 1.54) is 36.8 Å². The topological polar surface area (TPSA) is 0 Å². The highest BCUT2D eigenvalue weighted by molar-refractivity contribution is 5.30. The number of benzene rings is 1. The van der Waals surface area contributed by atoms with Gasteiger partial charge in [0.05, 0.1) is 0 Å². The summed E-state index contributed by atoms with van der Waals surface area (Å²) in [5.74, 6) is 0.569. The molecule has 0 aliphatic rings. The number of hydrogen-bond donors (Lipinski definition) is 0. The minimum absolute atomic E-state index is 0.569. The van der Waals surface area contributed by atoms with Crippen LogP contribution in [0.5, 0.6) is 0 Å². The maximum absolute atomic E-state index is 3.84. The van der Waals surface area contributed by atoms with Crippen LogP contribution in [0.4, 0.5) is 0 Å². The molecule has 0 N–H and O–H groups in total. The molecule has 0 saturated heterocycles. The third kappa shape index (κ3) is 4.22. The quantitative estimate of drug-likeness (QED) is 0.542. The molecule has 0 aromatic heterocycles. The predicted molar refractivity (Wildman–Crippen MR) is 77.3 cm³/mol. The smallest absolute Gasteiger partial charge is 0.00511 e. The van der Waals surface area contributed by atoms with Crippen molar-refractivity contribution in [2.24, 2.45) is 0 Å². The Bertz CT molecular complexity index is 346. The summed E-state index contributed by atoms with van der Waals surface area (Å²) in [6, 6.07) is 10.8. The van der Waals surface area contributed by atoms with E-state index in [2.05, 4.69) is 56.8 Å². The van der Waals surface area contributed by atoms with Crippen LogP contribution in [-0.4, -0.2) is 0 Å². The molecule has 0 spiro atoms. The van der Waals surface area contributed by atoms with E-state index in [4.69, 9.17) is 0 Å². The zero-order valence-corrected chi connectivity index (χ0v) is 11.2. The Kier molecular flexibility index (Phi) is 6.39. The molecule has 0 heterocycles. The average Bonchev–Trinajstić information content (AvgIpc) is 2.37. The summed E-state index contributed by atoms with van der Waals surface area (Å²) < 4.78 is 0. The lowest BCUT2D eigenvalue weighted by Gasteiger charge is -2.20. The standard InChI is InChI=1S/C17H24/c1-4-10-15(11-5-2)17(12-6-3)16-13-8-7-9-14-16/h4,7-10,13-14,17H,1,5-6,11-12H2,2-3H3/b15-10+. The predicted octanol–water partition coefficient (Wildman–Crippen LogP) is 5.48. The highest BCUT2D eigenvalue weighted by atomic mass is 14.2. The van der Waals surface area contributed by atoms with E-state index >= 15 is 0 Å². The molecule has 0 bridgehead atoms. The Morgan fingerprint density at radius 1 is 1.18 bits per heavy atom. The molecule has 0 aliphatic heterocycles. The summed E-state index contributed by atoms with van der Waals surface area (Å²) in [4.78, 5) is 0. The van der Waals surface area contributed by atoms with Gasteiger partial charge in [0, 0.05) is 5.92 Å².